The van der Waals surface area contributed by atoms with Crippen LogP contribution in [0.3, 0.4) is 0 Å². The van der Waals surface area contributed by atoms with Gasteiger partial charge in [-0.2, -0.15) is 0 Å². The third-order valence-electron chi connectivity index (χ3n) is 6.17. The number of hydrogen-bond donors (Lipinski definition) is 1. The van der Waals surface area contributed by atoms with E-state index >= 15 is 0 Å². The Balaban J connectivity index is 1.77. The number of nitrogens with zero attached hydrogens (tertiary/aromatic N) is 1. The van der Waals surface area contributed by atoms with Gasteiger partial charge in [0.05, 0.1) is 39.0 Å². The Morgan fingerprint density at radius 1 is 0.725 bits per heavy atom. The van der Waals surface area contributed by atoms with E-state index in [1.807, 2.05) is 42.5 Å². The van der Waals surface area contributed by atoms with Crippen molar-refractivity contribution in [3.8, 4) is 34.1 Å². The quantitative estimate of drug-likeness (QED) is 0.267. The molecule has 208 valence electrons. The number of carbonyl (C=O) groups excluding carboxylic acids is 1. The van der Waals surface area contributed by atoms with Crippen molar-refractivity contribution in [2.45, 2.75) is 4.90 Å². The van der Waals surface area contributed by atoms with Crippen LogP contribution in [0.4, 0.5) is 11.4 Å². The second-order valence-corrected chi connectivity index (χ2v) is 10.4. The van der Waals surface area contributed by atoms with Gasteiger partial charge in [-0.3, -0.25) is 9.10 Å². The third-order valence-corrected chi connectivity index (χ3v) is 7.93. The summed E-state index contributed by atoms with van der Waals surface area (Å²) >= 11 is 0. The topological polar surface area (TPSA) is 103 Å². The lowest BCUT2D eigenvalue weighted by Gasteiger charge is -2.26. The number of sulfonamides is 1. The molecule has 40 heavy (non-hydrogen) atoms. The average Bonchev–Trinajstić information content (AvgIpc) is 2.99. The van der Waals surface area contributed by atoms with Crippen LogP contribution >= 0.6 is 0 Å². The van der Waals surface area contributed by atoms with Crippen molar-refractivity contribution < 1.29 is 32.2 Å². The number of nitrogens with one attached hydrogen (secondary N) is 1. The molecule has 4 aromatic rings. The molecule has 1 N–H and O–H groups in total. The molecular formula is C30H30N2O7S. The first kappa shape index (κ1) is 28.3. The minimum absolute atomic E-state index is 0.104. The number of para-hydroxylation sites is 1. The normalized spacial score (nSPS) is 10.9. The first-order chi connectivity index (χ1) is 19.3. The summed E-state index contributed by atoms with van der Waals surface area (Å²) < 4.78 is 50.6. The zero-order valence-electron chi connectivity index (χ0n) is 22.6. The standard InChI is InChI=1S/C30H30N2O7S/c1-36-22-14-16-27(37-2)26(18-22)32(40(34,35)23-15-17-28(38-3)29(19-23)39-4)20-30(33)31-25-13-9-8-12-24(25)21-10-6-5-7-11-21/h5-19H,20H2,1-4H3,(H,31,33). The Kier molecular flexibility index (Phi) is 8.80. The second-order valence-electron chi connectivity index (χ2n) is 8.53. The average molecular weight is 563 g/mol. The smallest absolute Gasteiger partial charge is 0.265 e. The summed E-state index contributed by atoms with van der Waals surface area (Å²) in [7, 11) is 1.43. The van der Waals surface area contributed by atoms with E-state index in [9.17, 15) is 13.2 Å². The van der Waals surface area contributed by atoms with Crippen LogP contribution in [-0.2, 0) is 14.8 Å². The molecule has 0 saturated heterocycles. The van der Waals surface area contributed by atoms with Crippen molar-refractivity contribution in [1.82, 2.24) is 0 Å². The molecule has 0 aromatic heterocycles. The lowest BCUT2D eigenvalue weighted by atomic mass is 10.0. The molecule has 0 atom stereocenters. The predicted molar refractivity (Wildman–Crippen MR) is 154 cm³/mol. The number of methoxy groups -OCH3 is 4. The molecule has 0 saturated carbocycles. The van der Waals surface area contributed by atoms with Gasteiger partial charge >= 0.3 is 0 Å². The van der Waals surface area contributed by atoms with E-state index in [1.54, 1.807) is 24.3 Å². The highest BCUT2D eigenvalue weighted by molar-refractivity contribution is 7.92. The van der Waals surface area contributed by atoms with Gasteiger partial charge in [0.1, 0.15) is 18.0 Å². The molecule has 0 unspecified atom stereocenters. The number of anilines is 2. The SMILES string of the molecule is COc1ccc(OC)c(N(CC(=O)Nc2ccccc2-c2ccccc2)S(=O)(=O)c2ccc(OC)c(OC)c2)c1. The Labute approximate surface area is 233 Å². The van der Waals surface area contributed by atoms with E-state index in [-0.39, 0.29) is 22.1 Å². The summed E-state index contributed by atoms with van der Waals surface area (Å²) in [6, 6.07) is 25.8. The monoisotopic (exact) mass is 562 g/mol. The van der Waals surface area contributed by atoms with E-state index < -0.39 is 22.5 Å². The van der Waals surface area contributed by atoms with Crippen molar-refractivity contribution in [1.29, 1.82) is 0 Å². The minimum Gasteiger partial charge on any atom is -0.497 e. The molecular weight excluding hydrogens is 532 g/mol. The summed E-state index contributed by atoms with van der Waals surface area (Å²) in [6.45, 7) is -0.552. The Hall–Kier alpha value is -4.70. The van der Waals surface area contributed by atoms with E-state index in [2.05, 4.69) is 5.32 Å². The zero-order chi connectivity index (χ0) is 28.7. The molecule has 1 amide bonds. The number of rotatable bonds is 11. The Morgan fingerprint density at radius 2 is 1.38 bits per heavy atom. The molecule has 9 nitrogen and oxygen atoms in total. The molecule has 4 aromatic carbocycles. The predicted octanol–water partition coefficient (Wildman–Crippen LogP) is 5.22. The third kappa shape index (κ3) is 5.97. The number of amides is 1. The molecule has 0 aliphatic heterocycles. The molecule has 0 aliphatic carbocycles. The van der Waals surface area contributed by atoms with Gasteiger partial charge in [-0.15, -0.1) is 0 Å². The first-order valence-electron chi connectivity index (χ1n) is 12.2. The molecule has 4 rings (SSSR count). The molecule has 0 fully saturated rings. The Morgan fingerprint density at radius 3 is 2.05 bits per heavy atom. The van der Waals surface area contributed by atoms with Gasteiger partial charge in [-0.25, -0.2) is 8.42 Å². The van der Waals surface area contributed by atoms with Gasteiger partial charge in [0.25, 0.3) is 10.0 Å². The molecule has 0 bridgehead atoms. The summed E-state index contributed by atoms with van der Waals surface area (Å²) in [5, 5.41) is 2.88. The van der Waals surface area contributed by atoms with Gasteiger partial charge in [0.15, 0.2) is 11.5 Å². The second kappa shape index (κ2) is 12.4. The van der Waals surface area contributed by atoms with Crippen molar-refractivity contribution >= 4 is 27.3 Å². The summed E-state index contributed by atoms with van der Waals surface area (Å²) in [4.78, 5) is 13.4. The van der Waals surface area contributed by atoms with E-state index in [1.165, 1.54) is 52.7 Å². The van der Waals surface area contributed by atoms with Gasteiger partial charge in [0.2, 0.25) is 5.91 Å². The lowest BCUT2D eigenvalue weighted by Crippen LogP contribution is -2.38. The van der Waals surface area contributed by atoms with Crippen LogP contribution < -0.4 is 28.6 Å². The van der Waals surface area contributed by atoms with Crippen molar-refractivity contribution in [2.24, 2.45) is 0 Å². The Bertz CT molecular complexity index is 1590. The van der Waals surface area contributed by atoms with Gasteiger partial charge in [-0.1, -0.05) is 48.5 Å². The minimum atomic E-state index is -4.32. The van der Waals surface area contributed by atoms with Crippen LogP contribution in [0, 0.1) is 0 Å². The van der Waals surface area contributed by atoms with Gasteiger partial charge in [-0.05, 0) is 35.9 Å². The first-order valence-corrected chi connectivity index (χ1v) is 13.7. The molecule has 0 heterocycles. The van der Waals surface area contributed by atoms with E-state index in [4.69, 9.17) is 18.9 Å². The molecule has 0 aliphatic rings. The molecule has 0 radical (unpaired) electrons. The van der Waals surface area contributed by atoms with Crippen LogP contribution in [0.1, 0.15) is 0 Å². The summed E-state index contributed by atoms with van der Waals surface area (Å²) in [6.07, 6.45) is 0. The molecule has 0 spiro atoms. The fourth-order valence-corrected chi connectivity index (χ4v) is 5.62. The number of benzene rings is 4. The van der Waals surface area contributed by atoms with Crippen LogP contribution in [0.2, 0.25) is 0 Å². The number of ether oxygens (including phenoxy) is 4. The van der Waals surface area contributed by atoms with Gasteiger partial charge < -0.3 is 24.3 Å². The maximum Gasteiger partial charge on any atom is 0.265 e. The van der Waals surface area contributed by atoms with Crippen LogP contribution in [0.25, 0.3) is 11.1 Å². The fraction of sp³-hybridized carbons (Fsp3) is 0.167. The van der Waals surface area contributed by atoms with E-state index in [0.717, 1.165) is 15.4 Å². The maximum atomic E-state index is 14.1. The van der Waals surface area contributed by atoms with Crippen LogP contribution in [-0.4, -0.2) is 49.3 Å². The van der Waals surface area contributed by atoms with Crippen molar-refractivity contribution in [2.75, 3.05) is 44.6 Å². The highest BCUT2D eigenvalue weighted by Gasteiger charge is 2.31. The fourth-order valence-electron chi connectivity index (χ4n) is 4.18. The largest absolute Gasteiger partial charge is 0.497 e. The highest BCUT2D eigenvalue weighted by Crippen LogP contribution is 2.38. The van der Waals surface area contributed by atoms with Crippen molar-refractivity contribution in [3.63, 3.8) is 0 Å². The number of carbonyl (C=O) groups is 1. The lowest BCUT2D eigenvalue weighted by molar-refractivity contribution is -0.114. The zero-order valence-corrected chi connectivity index (χ0v) is 23.4. The van der Waals surface area contributed by atoms with Crippen LogP contribution in [0.5, 0.6) is 23.0 Å². The molecule has 10 heteroatoms. The summed E-state index contributed by atoms with van der Waals surface area (Å²) in [5.74, 6) is 0.655. The summed E-state index contributed by atoms with van der Waals surface area (Å²) in [5.41, 5.74) is 2.37. The number of hydrogen-bond acceptors (Lipinski definition) is 7. The van der Waals surface area contributed by atoms with E-state index in [0.29, 0.717) is 17.2 Å². The van der Waals surface area contributed by atoms with Crippen molar-refractivity contribution in [3.05, 3.63) is 91.0 Å². The highest BCUT2D eigenvalue weighted by atomic mass is 32.2. The van der Waals surface area contributed by atoms with Crippen LogP contribution in [0.15, 0.2) is 95.9 Å². The maximum absolute atomic E-state index is 14.1. The van der Waals surface area contributed by atoms with Gasteiger partial charge in [0, 0.05) is 23.4 Å².